The lowest BCUT2D eigenvalue weighted by Crippen LogP contribution is -2.42. The molecule has 0 aromatic heterocycles. The van der Waals surface area contributed by atoms with Crippen molar-refractivity contribution in [1.29, 1.82) is 5.26 Å². The fraction of sp³-hybridized carbons (Fsp3) is 0.333. The van der Waals surface area contributed by atoms with Gasteiger partial charge in [0.25, 0.3) is 0 Å². The first-order valence-corrected chi connectivity index (χ1v) is 4.86. The lowest BCUT2D eigenvalue weighted by atomic mass is 9.77. The van der Waals surface area contributed by atoms with E-state index in [2.05, 4.69) is 0 Å². The molecule has 0 heterocycles. The third-order valence-electron chi connectivity index (χ3n) is 2.46. The molecular formula is C12H10F3NO. The Bertz CT molecular complexity index is 447. The van der Waals surface area contributed by atoms with E-state index in [9.17, 15) is 18.0 Å². The van der Waals surface area contributed by atoms with Gasteiger partial charge >= 0.3 is 6.18 Å². The molecule has 0 saturated carbocycles. The standard InChI is InChI=1S/C12H10F3NO/c1-9(17)7-11(8-16,12(13,14)15)10-5-3-2-4-6-10/h2-6H,7H2,1H3. The fourth-order valence-corrected chi connectivity index (χ4v) is 1.63. The van der Waals surface area contributed by atoms with E-state index in [0.29, 0.717) is 0 Å². The van der Waals surface area contributed by atoms with Crippen molar-refractivity contribution in [1.82, 2.24) is 0 Å². The second kappa shape index (κ2) is 4.58. The Balaban J connectivity index is 3.38. The molecule has 0 aliphatic heterocycles. The maximum atomic E-state index is 13.0. The maximum Gasteiger partial charge on any atom is 0.411 e. The van der Waals surface area contributed by atoms with Crippen molar-refractivity contribution in [2.45, 2.75) is 24.9 Å². The quantitative estimate of drug-likeness (QED) is 0.816. The number of benzene rings is 1. The fourth-order valence-electron chi connectivity index (χ4n) is 1.63. The largest absolute Gasteiger partial charge is 0.411 e. The molecule has 1 aromatic carbocycles. The molecule has 0 radical (unpaired) electrons. The van der Waals surface area contributed by atoms with E-state index in [1.807, 2.05) is 0 Å². The number of ketones is 1. The van der Waals surface area contributed by atoms with Crippen LogP contribution in [-0.2, 0) is 10.2 Å². The van der Waals surface area contributed by atoms with Crippen LogP contribution in [0.3, 0.4) is 0 Å². The number of carbonyl (C=O) groups is 1. The Labute approximate surface area is 96.7 Å². The molecule has 1 aromatic rings. The van der Waals surface area contributed by atoms with E-state index >= 15 is 0 Å². The van der Waals surface area contributed by atoms with Gasteiger partial charge in [-0.25, -0.2) is 0 Å². The van der Waals surface area contributed by atoms with Gasteiger partial charge in [0.15, 0.2) is 5.41 Å². The van der Waals surface area contributed by atoms with E-state index in [1.54, 1.807) is 6.07 Å². The first-order chi connectivity index (χ1) is 7.83. The summed E-state index contributed by atoms with van der Waals surface area (Å²) in [4.78, 5) is 11.0. The monoisotopic (exact) mass is 241 g/mol. The van der Waals surface area contributed by atoms with Crippen molar-refractivity contribution >= 4 is 5.78 Å². The molecule has 90 valence electrons. The second-order valence-electron chi connectivity index (χ2n) is 3.76. The van der Waals surface area contributed by atoms with Gasteiger partial charge in [0, 0.05) is 6.42 Å². The van der Waals surface area contributed by atoms with Gasteiger partial charge in [-0.05, 0) is 12.5 Å². The second-order valence-corrected chi connectivity index (χ2v) is 3.76. The summed E-state index contributed by atoms with van der Waals surface area (Å²) in [6.07, 6.45) is -5.65. The number of hydrogen-bond acceptors (Lipinski definition) is 2. The Kier molecular flexibility index (Phi) is 3.56. The van der Waals surface area contributed by atoms with E-state index < -0.39 is 23.8 Å². The minimum Gasteiger partial charge on any atom is -0.300 e. The lowest BCUT2D eigenvalue weighted by molar-refractivity contribution is -0.177. The highest BCUT2D eigenvalue weighted by atomic mass is 19.4. The zero-order valence-electron chi connectivity index (χ0n) is 9.08. The van der Waals surface area contributed by atoms with Crippen molar-refractivity contribution in [2.75, 3.05) is 0 Å². The van der Waals surface area contributed by atoms with Gasteiger partial charge < -0.3 is 0 Å². The highest BCUT2D eigenvalue weighted by molar-refractivity contribution is 5.78. The van der Waals surface area contributed by atoms with Gasteiger partial charge in [-0.3, -0.25) is 4.79 Å². The van der Waals surface area contributed by atoms with Crippen LogP contribution < -0.4 is 0 Å². The molecule has 5 heteroatoms. The van der Waals surface area contributed by atoms with Crippen LogP contribution in [0.15, 0.2) is 30.3 Å². The number of halogens is 3. The number of alkyl halides is 3. The molecule has 0 N–H and O–H groups in total. The zero-order valence-corrected chi connectivity index (χ0v) is 9.08. The molecular weight excluding hydrogens is 231 g/mol. The van der Waals surface area contributed by atoms with Gasteiger partial charge in [-0.15, -0.1) is 0 Å². The van der Waals surface area contributed by atoms with Crippen LogP contribution in [0.5, 0.6) is 0 Å². The Morgan fingerprint density at radius 1 is 1.29 bits per heavy atom. The molecule has 0 aliphatic carbocycles. The average molecular weight is 241 g/mol. The molecule has 1 atom stereocenters. The topological polar surface area (TPSA) is 40.9 Å². The number of rotatable bonds is 3. The number of nitriles is 1. The maximum absolute atomic E-state index is 13.0. The minimum absolute atomic E-state index is 0.204. The van der Waals surface area contributed by atoms with E-state index in [-0.39, 0.29) is 5.56 Å². The van der Waals surface area contributed by atoms with Crippen LogP contribution in [0.4, 0.5) is 13.2 Å². The smallest absolute Gasteiger partial charge is 0.300 e. The van der Waals surface area contributed by atoms with Gasteiger partial charge in [-0.1, -0.05) is 30.3 Å². The molecule has 0 bridgehead atoms. The number of Topliss-reactive ketones (excluding diaryl/α,β-unsaturated/α-hetero) is 1. The summed E-state index contributed by atoms with van der Waals surface area (Å²) in [5, 5.41) is 8.89. The molecule has 0 spiro atoms. The summed E-state index contributed by atoms with van der Waals surface area (Å²) >= 11 is 0. The third-order valence-corrected chi connectivity index (χ3v) is 2.46. The third kappa shape index (κ3) is 2.47. The number of carbonyl (C=O) groups excluding carboxylic acids is 1. The van der Waals surface area contributed by atoms with E-state index in [1.165, 1.54) is 30.3 Å². The van der Waals surface area contributed by atoms with Gasteiger partial charge in [0.1, 0.15) is 5.78 Å². The molecule has 17 heavy (non-hydrogen) atoms. The van der Waals surface area contributed by atoms with Crippen molar-refractivity contribution in [3.05, 3.63) is 35.9 Å². The normalized spacial score (nSPS) is 14.8. The van der Waals surface area contributed by atoms with Gasteiger partial charge in [-0.2, -0.15) is 18.4 Å². The summed E-state index contributed by atoms with van der Waals surface area (Å²) < 4.78 is 39.1. The van der Waals surface area contributed by atoms with E-state index in [0.717, 1.165) is 6.92 Å². The first-order valence-electron chi connectivity index (χ1n) is 4.86. The minimum atomic E-state index is -4.78. The molecule has 0 amide bonds. The predicted octanol–water partition coefficient (Wildman–Crippen LogP) is 2.99. The molecule has 1 rings (SSSR count). The van der Waals surface area contributed by atoms with Gasteiger partial charge in [0.05, 0.1) is 6.07 Å². The molecule has 2 nitrogen and oxygen atoms in total. The van der Waals surface area contributed by atoms with Crippen LogP contribution in [-0.4, -0.2) is 12.0 Å². The van der Waals surface area contributed by atoms with Crippen molar-refractivity contribution in [3.8, 4) is 6.07 Å². The number of hydrogen-bond donors (Lipinski definition) is 0. The molecule has 0 aliphatic rings. The highest BCUT2D eigenvalue weighted by Crippen LogP contribution is 2.43. The van der Waals surface area contributed by atoms with Crippen LogP contribution >= 0.6 is 0 Å². The Hall–Kier alpha value is -1.83. The van der Waals surface area contributed by atoms with Crippen LogP contribution in [0.25, 0.3) is 0 Å². The Morgan fingerprint density at radius 3 is 2.18 bits per heavy atom. The first kappa shape index (κ1) is 13.2. The van der Waals surface area contributed by atoms with Crippen LogP contribution in [0, 0.1) is 11.3 Å². The van der Waals surface area contributed by atoms with Crippen molar-refractivity contribution in [3.63, 3.8) is 0 Å². The predicted molar refractivity (Wildman–Crippen MR) is 55.1 cm³/mol. The summed E-state index contributed by atoms with van der Waals surface area (Å²) in [6.45, 7) is 1.04. The summed E-state index contributed by atoms with van der Waals surface area (Å²) in [5.41, 5.74) is -2.95. The molecule has 0 saturated heterocycles. The van der Waals surface area contributed by atoms with E-state index in [4.69, 9.17) is 5.26 Å². The highest BCUT2D eigenvalue weighted by Gasteiger charge is 2.57. The summed E-state index contributed by atoms with van der Waals surface area (Å²) in [6, 6.07) is 8.04. The molecule has 1 unspecified atom stereocenters. The zero-order chi connectivity index (χ0) is 13.1. The van der Waals surface area contributed by atoms with Crippen molar-refractivity contribution in [2.24, 2.45) is 0 Å². The Morgan fingerprint density at radius 2 is 1.82 bits per heavy atom. The SMILES string of the molecule is CC(=O)CC(C#N)(c1ccccc1)C(F)(F)F. The molecule has 0 fully saturated rings. The van der Waals surface area contributed by atoms with Gasteiger partial charge in [0.2, 0.25) is 0 Å². The van der Waals surface area contributed by atoms with Crippen molar-refractivity contribution < 1.29 is 18.0 Å². The van der Waals surface area contributed by atoms with Crippen LogP contribution in [0.1, 0.15) is 18.9 Å². The average Bonchev–Trinajstić information content (AvgIpc) is 2.25. The lowest BCUT2D eigenvalue weighted by Gasteiger charge is -2.28. The van der Waals surface area contributed by atoms with Crippen LogP contribution in [0.2, 0.25) is 0 Å². The summed E-state index contributed by atoms with van der Waals surface area (Å²) in [7, 11) is 0. The number of nitrogens with zero attached hydrogens (tertiary/aromatic N) is 1. The summed E-state index contributed by atoms with van der Waals surface area (Å²) in [5.74, 6) is -0.673.